The van der Waals surface area contributed by atoms with Crippen molar-refractivity contribution in [2.75, 3.05) is 63.3 Å². The summed E-state index contributed by atoms with van der Waals surface area (Å²) in [6.45, 7) is 5.75. The number of nitrogens with one attached hydrogen (secondary N) is 1. The minimum atomic E-state index is -0.864. The molecular formula is C31H37N3O6. The number of nitrogens with zero attached hydrogens (tertiary/aromatic N) is 2. The van der Waals surface area contributed by atoms with Crippen LogP contribution in [0.3, 0.4) is 0 Å². The molecule has 2 N–H and O–H groups in total. The van der Waals surface area contributed by atoms with E-state index in [1.807, 2.05) is 18.2 Å². The van der Waals surface area contributed by atoms with Gasteiger partial charge in [-0.05, 0) is 61.4 Å². The molecule has 0 unspecified atom stereocenters. The van der Waals surface area contributed by atoms with Crippen LogP contribution < -0.4 is 24.4 Å². The summed E-state index contributed by atoms with van der Waals surface area (Å²) < 4.78 is 17.1. The van der Waals surface area contributed by atoms with Crippen molar-refractivity contribution >= 4 is 23.3 Å². The summed E-state index contributed by atoms with van der Waals surface area (Å²) in [6, 6.07) is 22.3. The van der Waals surface area contributed by atoms with Gasteiger partial charge in [-0.1, -0.05) is 24.3 Å². The highest BCUT2D eigenvalue weighted by atomic mass is 16.5. The molecule has 1 amide bonds. The lowest BCUT2D eigenvalue weighted by Crippen LogP contribution is -2.46. The lowest BCUT2D eigenvalue weighted by atomic mass is 10.2. The maximum atomic E-state index is 12.8. The predicted octanol–water partition coefficient (Wildman–Crippen LogP) is 4.78. The summed E-state index contributed by atoms with van der Waals surface area (Å²) in [4.78, 5) is 28.3. The van der Waals surface area contributed by atoms with E-state index in [1.165, 1.54) is 0 Å². The van der Waals surface area contributed by atoms with Crippen LogP contribution in [0.5, 0.6) is 17.2 Å². The van der Waals surface area contributed by atoms with E-state index in [0.717, 1.165) is 56.3 Å². The lowest BCUT2D eigenvalue weighted by molar-refractivity contribution is -0.137. The Bertz CT molecular complexity index is 1240. The largest absolute Gasteiger partial charge is 0.495 e. The van der Waals surface area contributed by atoms with Crippen LogP contribution in [0.25, 0.3) is 0 Å². The summed E-state index contributed by atoms with van der Waals surface area (Å²) in [5.74, 6) is 1.01. The van der Waals surface area contributed by atoms with Gasteiger partial charge in [-0.2, -0.15) is 0 Å². The number of benzene rings is 3. The van der Waals surface area contributed by atoms with Gasteiger partial charge in [-0.3, -0.25) is 14.5 Å². The van der Waals surface area contributed by atoms with Crippen LogP contribution in [0.4, 0.5) is 11.4 Å². The fraction of sp³-hybridized carbons (Fsp3) is 0.355. The molecular weight excluding hydrogens is 510 g/mol. The highest BCUT2D eigenvalue weighted by Gasteiger charge is 2.19. The molecule has 3 aromatic rings. The van der Waals surface area contributed by atoms with Crippen LogP contribution in [0.2, 0.25) is 0 Å². The van der Waals surface area contributed by atoms with Crippen LogP contribution in [0, 0.1) is 0 Å². The lowest BCUT2D eigenvalue weighted by Gasteiger charge is -2.36. The summed E-state index contributed by atoms with van der Waals surface area (Å²) in [5.41, 5.74) is 2.18. The number of aliphatic carboxylic acids is 1. The van der Waals surface area contributed by atoms with Crippen molar-refractivity contribution in [1.29, 1.82) is 0 Å². The Kier molecular flexibility index (Phi) is 10.6. The normalized spacial score (nSPS) is 13.5. The number of anilines is 2. The molecule has 0 atom stereocenters. The quantitative estimate of drug-likeness (QED) is 0.278. The van der Waals surface area contributed by atoms with Gasteiger partial charge in [0.05, 0.1) is 31.7 Å². The molecule has 0 bridgehead atoms. The molecule has 0 saturated carbocycles. The zero-order valence-electron chi connectivity index (χ0n) is 22.9. The van der Waals surface area contributed by atoms with Crippen LogP contribution in [-0.4, -0.2) is 74.9 Å². The average molecular weight is 548 g/mol. The first-order valence-electron chi connectivity index (χ1n) is 13.6. The van der Waals surface area contributed by atoms with E-state index >= 15 is 0 Å². The van der Waals surface area contributed by atoms with E-state index in [-0.39, 0.29) is 18.9 Å². The van der Waals surface area contributed by atoms with E-state index in [1.54, 1.807) is 55.6 Å². The predicted molar refractivity (Wildman–Crippen MR) is 155 cm³/mol. The molecule has 1 aliphatic heterocycles. The van der Waals surface area contributed by atoms with Gasteiger partial charge in [0.2, 0.25) is 0 Å². The molecule has 1 heterocycles. The standard InChI is InChI=1S/C31H37N3O6/c1-38-29-11-5-3-9-27(29)34-20-18-33(19-21-34)17-7-23-39-25-15-13-24(14-16-25)31(37)32-26-8-2-4-10-28(26)40-22-6-12-30(35)36/h2-5,8-11,13-16H,6-7,12,17-23H2,1H3,(H,32,37)(H,35,36). The Morgan fingerprint density at radius 2 is 1.50 bits per heavy atom. The second-order valence-electron chi connectivity index (χ2n) is 9.52. The molecule has 1 saturated heterocycles. The summed E-state index contributed by atoms with van der Waals surface area (Å²) in [6.07, 6.45) is 1.34. The number of piperazine rings is 1. The minimum Gasteiger partial charge on any atom is -0.495 e. The second-order valence-corrected chi connectivity index (χ2v) is 9.52. The SMILES string of the molecule is COc1ccccc1N1CCN(CCCOc2ccc(C(=O)Nc3ccccc3OCCCC(=O)O)cc2)CC1. The first-order valence-corrected chi connectivity index (χ1v) is 13.6. The number of carboxylic acid groups (broad SMARTS) is 1. The Hall–Kier alpha value is -4.24. The summed E-state index contributed by atoms with van der Waals surface area (Å²) >= 11 is 0. The van der Waals surface area contributed by atoms with Crippen molar-refractivity contribution in [2.24, 2.45) is 0 Å². The Morgan fingerprint density at radius 1 is 0.825 bits per heavy atom. The van der Waals surface area contributed by atoms with Crippen LogP contribution >= 0.6 is 0 Å². The van der Waals surface area contributed by atoms with Crippen molar-refractivity contribution in [3.05, 3.63) is 78.4 Å². The first kappa shape index (κ1) is 28.8. The third-order valence-corrected chi connectivity index (χ3v) is 6.73. The minimum absolute atomic E-state index is 0.0324. The van der Waals surface area contributed by atoms with Crippen molar-refractivity contribution in [1.82, 2.24) is 4.90 Å². The number of amides is 1. The van der Waals surface area contributed by atoms with Crippen molar-refractivity contribution in [3.8, 4) is 17.2 Å². The molecule has 3 aromatic carbocycles. The van der Waals surface area contributed by atoms with Crippen molar-refractivity contribution in [3.63, 3.8) is 0 Å². The van der Waals surface area contributed by atoms with E-state index in [0.29, 0.717) is 30.0 Å². The molecule has 40 heavy (non-hydrogen) atoms. The average Bonchev–Trinajstić information content (AvgIpc) is 2.99. The molecule has 212 valence electrons. The van der Waals surface area contributed by atoms with Gasteiger partial charge in [0.25, 0.3) is 5.91 Å². The van der Waals surface area contributed by atoms with Crippen LogP contribution in [0.15, 0.2) is 72.8 Å². The van der Waals surface area contributed by atoms with Gasteiger partial charge in [0.1, 0.15) is 17.2 Å². The van der Waals surface area contributed by atoms with E-state index in [9.17, 15) is 9.59 Å². The molecule has 9 nitrogen and oxygen atoms in total. The Morgan fingerprint density at radius 3 is 2.23 bits per heavy atom. The fourth-order valence-electron chi connectivity index (χ4n) is 4.58. The monoisotopic (exact) mass is 547 g/mol. The zero-order valence-corrected chi connectivity index (χ0v) is 22.9. The molecule has 4 rings (SSSR count). The number of hydrogen-bond acceptors (Lipinski definition) is 7. The summed E-state index contributed by atoms with van der Waals surface area (Å²) in [7, 11) is 1.71. The van der Waals surface area contributed by atoms with Gasteiger partial charge in [0, 0.05) is 44.7 Å². The van der Waals surface area contributed by atoms with E-state index in [4.69, 9.17) is 19.3 Å². The third-order valence-electron chi connectivity index (χ3n) is 6.73. The fourth-order valence-corrected chi connectivity index (χ4v) is 4.58. The van der Waals surface area contributed by atoms with Crippen molar-refractivity contribution in [2.45, 2.75) is 19.3 Å². The van der Waals surface area contributed by atoms with Crippen LogP contribution in [-0.2, 0) is 4.79 Å². The molecule has 9 heteroatoms. The van der Waals surface area contributed by atoms with Gasteiger partial charge in [-0.25, -0.2) is 0 Å². The molecule has 1 fully saturated rings. The molecule has 0 radical (unpaired) electrons. The van der Waals surface area contributed by atoms with Gasteiger partial charge in [-0.15, -0.1) is 0 Å². The number of carbonyl (C=O) groups is 2. The summed E-state index contributed by atoms with van der Waals surface area (Å²) in [5, 5.41) is 11.6. The van der Waals surface area contributed by atoms with Gasteiger partial charge < -0.3 is 29.5 Å². The number of ether oxygens (including phenoxy) is 3. The number of carboxylic acids is 1. The number of hydrogen-bond donors (Lipinski definition) is 2. The number of carbonyl (C=O) groups excluding carboxylic acids is 1. The molecule has 0 aromatic heterocycles. The van der Waals surface area contributed by atoms with E-state index in [2.05, 4.69) is 21.2 Å². The topological polar surface area (TPSA) is 101 Å². The van der Waals surface area contributed by atoms with E-state index < -0.39 is 5.97 Å². The van der Waals surface area contributed by atoms with Crippen LogP contribution in [0.1, 0.15) is 29.6 Å². The molecule has 1 aliphatic rings. The molecule has 0 aliphatic carbocycles. The van der Waals surface area contributed by atoms with Gasteiger partial charge in [0.15, 0.2) is 0 Å². The highest BCUT2D eigenvalue weighted by molar-refractivity contribution is 6.05. The highest BCUT2D eigenvalue weighted by Crippen LogP contribution is 2.28. The maximum absolute atomic E-state index is 12.8. The van der Waals surface area contributed by atoms with Gasteiger partial charge >= 0.3 is 5.97 Å². The smallest absolute Gasteiger partial charge is 0.303 e. The third kappa shape index (κ3) is 8.38. The van der Waals surface area contributed by atoms with Crippen molar-refractivity contribution < 1.29 is 28.9 Å². The number of rotatable bonds is 14. The maximum Gasteiger partial charge on any atom is 0.303 e. The number of methoxy groups -OCH3 is 1. The number of para-hydroxylation sites is 4. The second kappa shape index (κ2) is 14.8. The zero-order chi connectivity index (χ0) is 28.2. The Balaban J connectivity index is 1.17. The molecule has 0 spiro atoms. The Labute approximate surface area is 235 Å². The first-order chi connectivity index (χ1) is 19.5.